The van der Waals surface area contributed by atoms with Gasteiger partial charge in [0.15, 0.2) is 0 Å². The number of phenols is 1. The third-order valence-electron chi connectivity index (χ3n) is 4.20. The van der Waals surface area contributed by atoms with Crippen molar-refractivity contribution in [1.82, 2.24) is 0 Å². The van der Waals surface area contributed by atoms with E-state index in [4.69, 9.17) is 9.84 Å². The SMILES string of the molecule is CCC1(CC)CN(CCCC(=O)O)c2cc(O)ccc2O1. The Balaban J connectivity index is 2.24. The highest BCUT2D eigenvalue weighted by Crippen LogP contribution is 2.41. The molecule has 0 unspecified atom stereocenters. The molecule has 21 heavy (non-hydrogen) atoms. The lowest BCUT2D eigenvalue weighted by molar-refractivity contribution is -0.137. The number of aromatic hydroxyl groups is 1. The van der Waals surface area contributed by atoms with Gasteiger partial charge in [-0.3, -0.25) is 4.79 Å². The lowest BCUT2D eigenvalue weighted by Gasteiger charge is -2.44. The summed E-state index contributed by atoms with van der Waals surface area (Å²) in [5.74, 6) is 0.177. The van der Waals surface area contributed by atoms with E-state index >= 15 is 0 Å². The molecule has 1 aliphatic rings. The van der Waals surface area contributed by atoms with Gasteiger partial charge in [0.1, 0.15) is 17.1 Å². The summed E-state index contributed by atoms with van der Waals surface area (Å²) in [5.41, 5.74) is 0.602. The third-order valence-corrected chi connectivity index (χ3v) is 4.20. The molecule has 2 N–H and O–H groups in total. The fraction of sp³-hybridized carbons (Fsp3) is 0.562. The van der Waals surface area contributed by atoms with Crippen molar-refractivity contribution in [1.29, 1.82) is 0 Å². The van der Waals surface area contributed by atoms with Crippen LogP contribution in [0, 0.1) is 0 Å². The van der Waals surface area contributed by atoms with Crippen molar-refractivity contribution in [3.05, 3.63) is 18.2 Å². The molecule has 1 heterocycles. The Bertz CT molecular complexity index is 511. The molecule has 0 fully saturated rings. The summed E-state index contributed by atoms with van der Waals surface area (Å²) < 4.78 is 6.16. The van der Waals surface area contributed by atoms with Crippen LogP contribution in [0.2, 0.25) is 0 Å². The van der Waals surface area contributed by atoms with Gasteiger partial charge < -0.3 is 19.8 Å². The van der Waals surface area contributed by atoms with Gasteiger partial charge in [-0.2, -0.15) is 0 Å². The van der Waals surface area contributed by atoms with Crippen molar-refractivity contribution in [2.24, 2.45) is 0 Å². The highest BCUT2D eigenvalue weighted by atomic mass is 16.5. The van der Waals surface area contributed by atoms with Crippen LogP contribution >= 0.6 is 0 Å². The summed E-state index contributed by atoms with van der Waals surface area (Å²) in [5, 5.41) is 18.5. The quantitative estimate of drug-likeness (QED) is 0.843. The van der Waals surface area contributed by atoms with Crippen LogP contribution in [0.15, 0.2) is 18.2 Å². The van der Waals surface area contributed by atoms with Crippen molar-refractivity contribution in [3.63, 3.8) is 0 Å². The zero-order valence-corrected chi connectivity index (χ0v) is 12.6. The number of fused-ring (bicyclic) bond motifs is 1. The summed E-state index contributed by atoms with van der Waals surface area (Å²) in [4.78, 5) is 12.8. The Morgan fingerprint density at radius 2 is 2.10 bits per heavy atom. The van der Waals surface area contributed by atoms with Gasteiger partial charge in [-0.25, -0.2) is 0 Å². The number of hydrogen-bond donors (Lipinski definition) is 2. The van der Waals surface area contributed by atoms with Gasteiger partial charge >= 0.3 is 5.97 Å². The molecular formula is C16H23NO4. The summed E-state index contributed by atoms with van der Waals surface area (Å²) in [6.45, 7) is 5.57. The van der Waals surface area contributed by atoms with E-state index in [1.54, 1.807) is 18.2 Å². The maximum absolute atomic E-state index is 10.7. The molecule has 1 aromatic carbocycles. The maximum Gasteiger partial charge on any atom is 0.303 e. The first-order chi connectivity index (χ1) is 9.99. The third kappa shape index (κ3) is 3.40. The number of carbonyl (C=O) groups is 1. The van der Waals surface area contributed by atoms with E-state index in [1.165, 1.54) is 0 Å². The monoisotopic (exact) mass is 293 g/mol. The van der Waals surface area contributed by atoms with Crippen LogP contribution in [0.25, 0.3) is 0 Å². The zero-order valence-electron chi connectivity index (χ0n) is 12.6. The van der Waals surface area contributed by atoms with E-state index < -0.39 is 5.97 Å². The predicted octanol–water partition coefficient (Wildman–Crippen LogP) is 3.01. The van der Waals surface area contributed by atoms with E-state index in [9.17, 15) is 9.90 Å². The van der Waals surface area contributed by atoms with Crippen molar-refractivity contribution in [2.75, 3.05) is 18.0 Å². The molecule has 116 valence electrons. The van der Waals surface area contributed by atoms with Gasteiger partial charge in [0.25, 0.3) is 0 Å². The minimum atomic E-state index is -0.781. The lowest BCUT2D eigenvalue weighted by atomic mass is 9.93. The van der Waals surface area contributed by atoms with Crippen molar-refractivity contribution in [3.8, 4) is 11.5 Å². The number of nitrogens with zero attached hydrogens (tertiary/aromatic N) is 1. The molecular weight excluding hydrogens is 270 g/mol. The first-order valence-electron chi connectivity index (χ1n) is 7.48. The Labute approximate surface area is 125 Å². The molecule has 5 heteroatoms. The fourth-order valence-corrected chi connectivity index (χ4v) is 2.78. The highest BCUT2D eigenvalue weighted by molar-refractivity contribution is 5.67. The first-order valence-corrected chi connectivity index (χ1v) is 7.48. The number of rotatable bonds is 6. The highest BCUT2D eigenvalue weighted by Gasteiger charge is 2.36. The molecule has 0 bridgehead atoms. The van der Waals surface area contributed by atoms with Gasteiger partial charge in [-0.15, -0.1) is 0 Å². The number of ether oxygens (including phenoxy) is 1. The average molecular weight is 293 g/mol. The molecule has 0 aromatic heterocycles. The number of hydrogen-bond acceptors (Lipinski definition) is 4. The molecule has 5 nitrogen and oxygen atoms in total. The summed E-state index contributed by atoms with van der Waals surface area (Å²) >= 11 is 0. The lowest BCUT2D eigenvalue weighted by Crippen LogP contribution is -2.50. The Morgan fingerprint density at radius 3 is 2.71 bits per heavy atom. The predicted molar refractivity (Wildman–Crippen MR) is 81.1 cm³/mol. The van der Waals surface area contributed by atoms with Crippen LogP contribution < -0.4 is 9.64 Å². The standard InChI is InChI=1S/C16H23NO4/c1-3-16(4-2)11-17(9-5-6-15(19)20)13-10-12(18)7-8-14(13)21-16/h7-8,10,18H,3-6,9,11H2,1-2H3,(H,19,20). The molecule has 0 spiro atoms. The summed E-state index contributed by atoms with van der Waals surface area (Å²) in [6, 6.07) is 5.09. The summed E-state index contributed by atoms with van der Waals surface area (Å²) in [6.07, 6.45) is 2.50. The van der Waals surface area contributed by atoms with Crippen LogP contribution in [-0.4, -0.2) is 34.9 Å². The molecule has 2 rings (SSSR count). The van der Waals surface area contributed by atoms with Gasteiger partial charge in [0.2, 0.25) is 0 Å². The maximum atomic E-state index is 10.7. The molecule has 0 amide bonds. The zero-order chi connectivity index (χ0) is 15.5. The van der Waals surface area contributed by atoms with Gasteiger partial charge in [-0.05, 0) is 31.4 Å². The largest absolute Gasteiger partial charge is 0.508 e. The number of phenolic OH excluding ortho intramolecular Hbond substituents is 1. The molecule has 0 saturated carbocycles. The molecule has 0 atom stereocenters. The molecule has 1 aromatic rings. The molecule has 0 aliphatic carbocycles. The van der Waals surface area contributed by atoms with Crippen LogP contribution in [0.5, 0.6) is 11.5 Å². The minimum absolute atomic E-state index is 0.150. The van der Waals surface area contributed by atoms with Crippen LogP contribution in [0.4, 0.5) is 5.69 Å². The number of anilines is 1. The van der Waals surface area contributed by atoms with E-state index in [0.29, 0.717) is 13.0 Å². The second kappa shape index (κ2) is 6.24. The van der Waals surface area contributed by atoms with Gasteiger partial charge in [0, 0.05) is 19.0 Å². The average Bonchev–Trinajstić information content (AvgIpc) is 2.47. The number of carboxylic acids is 1. The van der Waals surface area contributed by atoms with Crippen molar-refractivity contribution >= 4 is 11.7 Å². The Hall–Kier alpha value is -1.91. The normalized spacial score (nSPS) is 16.2. The second-order valence-corrected chi connectivity index (χ2v) is 5.56. The van der Waals surface area contributed by atoms with E-state index in [-0.39, 0.29) is 17.8 Å². The van der Waals surface area contributed by atoms with Crippen LogP contribution in [0.1, 0.15) is 39.5 Å². The number of aliphatic carboxylic acids is 1. The van der Waals surface area contributed by atoms with E-state index in [2.05, 4.69) is 18.7 Å². The topological polar surface area (TPSA) is 70.0 Å². The first kappa shape index (κ1) is 15.5. The van der Waals surface area contributed by atoms with Crippen molar-refractivity contribution < 1.29 is 19.7 Å². The number of benzene rings is 1. The van der Waals surface area contributed by atoms with E-state index in [0.717, 1.165) is 30.8 Å². The fourth-order valence-electron chi connectivity index (χ4n) is 2.78. The van der Waals surface area contributed by atoms with Crippen LogP contribution in [-0.2, 0) is 4.79 Å². The smallest absolute Gasteiger partial charge is 0.303 e. The summed E-state index contributed by atoms with van der Waals surface area (Å²) in [7, 11) is 0. The minimum Gasteiger partial charge on any atom is -0.508 e. The second-order valence-electron chi connectivity index (χ2n) is 5.56. The van der Waals surface area contributed by atoms with Crippen molar-refractivity contribution in [2.45, 2.75) is 45.1 Å². The number of carboxylic acid groups (broad SMARTS) is 1. The molecule has 1 aliphatic heterocycles. The Morgan fingerprint density at radius 1 is 1.38 bits per heavy atom. The molecule has 0 radical (unpaired) electrons. The van der Waals surface area contributed by atoms with Crippen LogP contribution in [0.3, 0.4) is 0 Å². The Kier molecular flexibility index (Phi) is 4.60. The molecule has 0 saturated heterocycles. The van der Waals surface area contributed by atoms with Gasteiger partial charge in [-0.1, -0.05) is 13.8 Å². The van der Waals surface area contributed by atoms with E-state index in [1.807, 2.05) is 0 Å². The van der Waals surface area contributed by atoms with Gasteiger partial charge in [0.05, 0.1) is 12.2 Å².